The third kappa shape index (κ3) is 3.21. The van der Waals surface area contributed by atoms with Crippen molar-refractivity contribution < 1.29 is 0 Å². The summed E-state index contributed by atoms with van der Waals surface area (Å²) in [6.45, 7) is 6.79. The maximum atomic E-state index is 5.81. The minimum Gasteiger partial charge on any atom is -0.368 e. The topological polar surface area (TPSA) is 72.9 Å². The Bertz CT molecular complexity index is 927. The van der Waals surface area contributed by atoms with E-state index >= 15 is 0 Å². The summed E-state index contributed by atoms with van der Waals surface area (Å²) in [6.07, 6.45) is 8.14. The van der Waals surface area contributed by atoms with Crippen molar-refractivity contribution in [1.29, 1.82) is 0 Å². The molecule has 4 rings (SSSR count). The first-order valence-corrected chi connectivity index (χ1v) is 9.81. The van der Waals surface area contributed by atoms with Gasteiger partial charge in [-0.1, -0.05) is 0 Å². The molecule has 3 aromatic rings. The number of hydrogen-bond acceptors (Lipinski definition) is 5. The lowest BCUT2D eigenvalue weighted by atomic mass is 10.0. The second kappa shape index (κ2) is 6.96. The molecule has 1 saturated heterocycles. The van der Waals surface area contributed by atoms with Crippen LogP contribution in [0.3, 0.4) is 0 Å². The predicted molar refractivity (Wildman–Crippen MR) is 108 cm³/mol. The van der Waals surface area contributed by atoms with Crippen LogP contribution in [0.2, 0.25) is 0 Å². The van der Waals surface area contributed by atoms with Gasteiger partial charge < -0.3 is 15.2 Å². The van der Waals surface area contributed by atoms with Gasteiger partial charge in [-0.25, -0.2) is 15.0 Å². The van der Waals surface area contributed by atoms with Crippen LogP contribution in [0.1, 0.15) is 32.7 Å². The van der Waals surface area contributed by atoms with Crippen molar-refractivity contribution in [2.45, 2.75) is 38.8 Å². The number of likely N-dealkylation sites (tertiary alicyclic amines) is 1. The van der Waals surface area contributed by atoms with Crippen LogP contribution in [-0.2, 0) is 0 Å². The van der Waals surface area contributed by atoms with Gasteiger partial charge in [0, 0.05) is 48.5 Å². The Morgan fingerprint density at radius 2 is 2.00 bits per heavy atom. The quantitative estimate of drug-likeness (QED) is 0.658. The Hall–Kier alpha value is -1.99. The minimum atomic E-state index is 0.293. The van der Waals surface area contributed by atoms with Crippen LogP contribution in [-0.4, -0.2) is 43.6 Å². The molecule has 0 unspecified atom stereocenters. The van der Waals surface area contributed by atoms with Crippen molar-refractivity contribution in [1.82, 2.24) is 24.4 Å². The number of piperidine rings is 1. The second-order valence-corrected chi connectivity index (χ2v) is 7.95. The molecule has 4 heterocycles. The molecule has 0 amide bonds. The molecule has 0 bridgehead atoms. The number of nitrogens with two attached hydrogens (primary N) is 1. The van der Waals surface area contributed by atoms with Crippen molar-refractivity contribution in [2.24, 2.45) is 0 Å². The van der Waals surface area contributed by atoms with Crippen LogP contribution >= 0.6 is 15.9 Å². The van der Waals surface area contributed by atoms with Crippen molar-refractivity contribution in [2.75, 3.05) is 18.8 Å². The summed E-state index contributed by atoms with van der Waals surface area (Å²) < 4.78 is 3.20. The van der Waals surface area contributed by atoms with Gasteiger partial charge in [0.15, 0.2) is 0 Å². The summed E-state index contributed by atoms with van der Waals surface area (Å²) in [7, 11) is 0. The van der Waals surface area contributed by atoms with Crippen LogP contribution in [0.25, 0.3) is 22.2 Å². The smallest absolute Gasteiger partial charge is 0.220 e. The Labute approximate surface area is 161 Å². The molecule has 1 aliphatic rings. The first-order valence-electron chi connectivity index (χ1n) is 9.02. The first-order chi connectivity index (χ1) is 12.5. The molecule has 0 saturated carbocycles. The number of nitrogen functional groups attached to an aromatic ring is 1. The highest BCUT2D eigenvalue weighted by Gasteiger charge is 2.24. The molecule has 1 fully saturated rings. The van der Waals surface area contributed by atoms with Crippen LogP contribution in [0, 0.1) is 0 Å². The van der Waals surface area contributed by atoms with E-state index in [1.165, 1.54) is 0 Å². The third-order valence-electron chi connectivity index (χ3n) is 5.26. The van der Waals surface area contributed by atoms with Crippen molar-refractivity contribution in [3.05, 3.63) is 35.3 Å². The molecule has 0 radical (unpaired) electrons. The van der Waals surface area contributed by atoms with E-state index in [9.17, 15) is 0 Å². The number of hydrogen-bond donors (Lipinski definition) is 1. The molecular weight excluding hydrogens is 392 g/mol. The zero-order chi connectivity index (χ0) is 18.3. The van der Waals surface area contributed by atoms with Gasteiger partial charge in [0.25, 0.3) is 0 Å². The van der Waals surface area contributed by atoms with E-state index in [-0.39, 0.29) is 0 Å². The van der Waals surface area contributed by atoms with Gasteiger partial charge in [-0.05, 0) is 54.8 Å². The average molecular weight is 415 g/mol. The Balaban J connectivity index is 1.77. The fourth-order valence-corrected chi connectivity index (χ4v) is 4.16. The lowest BCUT2D eigenvalue weighted by molar-refractivity contribution is 0.153. The molecule has 0 aromatic carbocycles. The average Bonchev–Trinajstić information content (AvgIpc) is 3.00. The summed E-state index contributed by atoms with van der Waals surface area (Å²) in [5, 5.41) is 1.14. The Morgan fingerprint density at radius 3 is 2.69 bits per heavy atom. The van der Waals surface area contributed by atoms with Gasteiger partial charge in [-0.3, -0.25) is 0 Å². The van der Waals surface area contributed by atoms with E-state index in [1.807, 2.05) is 12.3 Å². The number of aromatic nitrogens is 4. The van der Waals surface area contributed by atoms with Gasteiger partial charge in [0.05, 0.1) is 17.4 Å². The lowest BCUT2D eigenvalue weighted by Gasteiger charge is -2.35. The zero-order valence-corrected chi connectivity index (χ0v) is 16.6. The van der Waals surface area contributed by atoms with Gasteiger partial charge in [-0.15, -0.1) is 0 Å². The molecule has 6 nitrogen and oxygen atoms in total. The van der Waals surface area contributed by atoms with Gasteiger partial charge >= 0.3 is 0 Å². The first kappa shape index (κ1) is 17.4. The normalized spacial score (nSPS) is 16.6. The van der Waals surface area contributed by atoms with E-state index in [0.29, 0.717) is 18.0 Å². The Kier molecular flexibility index (Phi) is 4.67. The van der Waals surface area contributed by atoms with Crippen LogP contribution in [0.4, 0.5) is 5.95 Å². The fourth-order valence-electron chi connectivity index (χ4n) is 3.83. The fraction of sp³-hybridized carbons (Fsp3) is 0.421. The molecule has 2 N–H and O–H groups in total. The van der Waals surface area contributed by atoms with Gasteiger partial charge in [-0.2, -0.15) is 0 Å². The Morgan fingerprint density at radius 1 is 1.23 bits per heavy atom. The van der Waals surface area contributed by atoms with E-state index in [0.717, 1.165) is 52.7 Å². The minimum absolute atomic E-state index is 0.293. The van der Waals surface area contributed by atoms with Crippen molar-refractivity contribution in [3.8, 4) is 11.3 Å². The van der Waals surface area contributed by atoms with Gasteiger partial charge in [0.1, 0.15) is 4.60 Å². The summed E-state index contributed by atoms with van der Waals surface area (Å²) in [5.74, 6) is 0.293. The number of pyridine rings is 1. The number of halogens is 1. The van der Waals surface area contributed by atoms with Gasteiger partial charge in [0.2, 0.25) is 5.95 Å². The molecule has 0 aliphatic carbocycles. The summed E-state index contributed by atoms with van der Waals surface area (Å²) in [5.41, 5.74) is 8.87. The molecule has 7 heteroatoms. The SMILES string of the molecule is CC(C)N1CCC(n2cc(-c3ccnc(N)n3)c3cc(Br)ncc32)CC1. The molecule has 0 spiro atoms. The largest absolute Gasteiger partial charge is 0.368 e. The zero-order valence-electron chi connectivity index (χ0n) is 15.1. The van der Waals surface area contributed by atoms with E-state index in [1.54, 1.807) is 6.20 Å². The summed E-state index contributed by atoms with van der Waals surface area (Å²) in [6, 6.07) is 5.05. The molecular formula is C19H23BrN6. The van der Waals surface area contributed by atoms with E-state index in [4.69, 9.17) is 5.73 Å². The molecule has 136 valence electrons. The number of anilines is 1. The number of rotatable bonds is 3. The maximum Gasteiger partial charge on any atom is 0.220 e. The highest BCUT2D eigenvalue weighted by molar-refractivity contribution is 9.10. The highest BCUT2D eigenvalue weighted by Crippen LogP contribution is 2.35. The monoisotopic (exact) mass is 414 g/mol. The van der Waals surface area contributed by atoms with Crippen LogP contribution in [0.15, 0.2) is 35.3 Å². The summed E-state index contributed by atoms with van der Waals surface area (Å²) in [4.78, 5) is 15.4. The lowest BCUT2D eigenvalue weighted by Crippen LogP contribution is -2.38. The highest BCUT2D eigenvalue weighted by atomic mass is 79.9. The molecule has 0 atom stereocenters. The van der Waals surface area contributed by atoms with Crippen LogP contribution < -0.4 is 5.73 Å². The predicted octanol–water partition coefficient (Wildman–Crippen LogP) is 3.88. The molecule has 26 heavy (non-hydrogen) atoms. The third-order valence-corrected chi connectivity index (χ3v) is 5.69. The van der Waals surface area contributed by atoms with E-state index in [2.05, 4.69) is 66.5 Å². The number of nitrogens with zero attached hydrogens (tertiary/aromatic N) is 5. The second-order valence-electron chi connectivity index (χ2n) is 7.14. The van der Waals surface area contributed by atoms with Crippen molar-refractivity contribution in [3.63, 3.8) is 0 Å². The maximum absolute atomic E-state index is 5.81. The standard InChI is InChI=1S/C19H23BrN6/c1-12(2)25-7-4-13(5-8-25)26-11-15(16-3-6-22-19(21)24-16)14-9-18(20)23-10-17(14)26/h3,6,9-13H,4-5,7-8H2,1-2H3,(H2,21,22,24). The molecule has 1 aliphatic heterocycles. The van der Waals surface area contributed by atoms with Crippen molar-refractivity contribution >= 4 is 32.8 Å². The van der Waals surface area contributed by atoms with E-state index < -0.39 is 0 Å². The van der Waals surface area contributed by atoms with Crippen LogP contribution in [0.5, 0.6) is 0 Å². The summed E-state index contributed by atoms with van der Waals surface area (Å²) >= 11 is 3.50. The number of fused-ring (bicyclic) bond motifs is 1. The molecule has 3 aromatic heterocycles.